The second kappa shape index (κ2) is 8.71. The van der Waals surface area contributed by atoms with E-state index in [4.69, 9.17) is 0 Å². The zero-order valence-electron chi connectivity index (χ0n) is 13.7. The first-order valence-corrected chi connectivity index (χ1v) is 9.87. The third-order valence-corrected chi connectivity index (χ3v) is 5.71. The number of rotatable bonds is 6. The fourth-order valence-corrected chi connectivity index (χ4v) is 4.18. The molecule has 1 atom stereocenters. The first-order chi connectivity index (χ1) is 11.3. The van der Waals surface area contributed by atoms with Gasteiger partial charge in [0, 0.05) is 42.7 Å². The summed E-state index contributed by atoms with van der Waals surface area (Å²) < 4.78 is 0. The number of hydrogen-bond donors (Lipinski definition) is 2. The summed E-state index contributed by atoms with van der Waals surface area (Å²) >= 11 is 1.92. The Hall–Kier alpha value is -1.04. The van der Waals surface area contributed by atoms with Crippen molar-refractivity contribution in [3.63, 3.8) is 0 Å². The molecule has 1 unspecified atom stereocenters. The molecule has 2 aliphatic heterocycles. The third kappa shape index (κ3) is 5.52. The number of amides is 1. The molecule has 2 saturated heterocycles. The van der Waals surface area contributed by atoms with Crippen molar-refractivity contribution in [3.05, 3.63) is 29.8 Å². The minimum absolute atomic E-state index is 0.106. The molecule has 1 aromatic rings. The molecule has 5 heteroatoms. The number of carbonyl (C=O) groups is 1. The third-order valence-electron chi connectivity index (χ3n) is 4.58. The van der Waals surface area contributed by atoms with E-state index in [9.17, 15) is 4.79 Å². The number of thioether (sulfide) groups is 1. The lowest BCUT2D eigenvalue weighted by Gasteiger charge is -2.22. The van der Waals surface area contributed by atoms with Crippen molar-refractivity contribution in [3.8, 4) is 0 Å². The Morgan fingerprint density at radius 2 is 2.04 bits per heavy atom. The van der Waals surface area contributed by atoms with Gasteiger partial charge in [-0.1, -0.05) is 12.1 Å². The molecule has 126 valence electrons. The molecule has 0 bridgehead atoms. The van der Waals surface area contributed by atoms with Crippen LogP contribution < -0.4 is 10.6 Å². The summed E-state index contributed by atoms with van der Waals surface area (Å²) in [4.78, 5) is 14.6. The van der Waals surface area contributed by atoms with Crippen LogP contribution in [-0.2, 0) is 11.2 Å². The second-order valence-corrected chi connectivity index (χ2v) is 7.62. The highest BCUT2D eigenvalue weighted by Gasteiger charge is 2.16. The monoisotopic (exact) mass is 333 g/mol. The molecule has 0 aliphatic carbocycles. The lowest BCUT2D eigenvalue weighted by molar-refractivity contribution is -0.116. The Bertz CT molecular complexity index is 493. The van der Waals surface area contributed by atoms with E-state index in [1.165, 1.54) is 31.5 Å². The molecule has 0 aromatic heterocycles. The van der Waals surface area contributed by atoms with Gasteiger partial charge in [-0.25, -0.2) is 0 Å². The number of nitrogens with one attached hydrogen (secondary N) is 2. The van der Waals surface area contributed by atoms with Gasteiger partial charge in [0.05, 0.1) is 0 Å². The smallest absolute Gasteiger partial charge is 0.225 e. The zero-order valence-corrected chi connectivity index (χ0v) is 14.5. The van der Waals surface area contributed by atoms with Crippen LogP contribution in [0, 0.1) is 0 Å². The quantitative estimate of drug-likeness (QED) is 0.839. The Kier molecular flexibility index (Phi) is 6.37. The first-order valence-electron chi connectivity index (χ1n) is 8.72. The topological polar surface area (TPSA) is 44.4 Å². The van der Waals surface area contributed by atoms with Crippen LogP contribution in [0.5, 0.6) is 0 Å². The number of carbonyl (C=O) groups excluding carboxylic acids is 1. The van der Waals surface area contributed by atoms with E-state index in [2.05, 4.69) is 27.7 Å². The maximum absolute atomic E-state index is 12.1. The summed E-state index contributed by atoms with van der Waals surface area (Å²) in [6.07, 6.45) is 4.35. The van der Waals surface area contributed by atoms with Crippen LogP contribution in [-0.4, -0.2) is 54.5 Å². The van der Waals surface area contributed by atoms with Crippen molar-refractivity contribution in [2.75, 3.05) is 43.0 Å². The van der Waals surface area contributed by atoms with Crippen molar-refractivity contribution < 1.29 is 4.79 Å². The summed E-state index contributed by atoms with van der Waals surface area (Å²) in [5, 5.41) is 6.42. The fraction of sp³-hybridized carbons (Fsp3) is 0.611. The highest BCUT2D eigenvalue weighted by molar-refractivity contribution is 7.99. The molecule has 0 spiro atoms. The van der Waals surface area contributed by atoms with Crippen LogP contribution in [0.15, 0.2) is 24.3 Å². The molecule has 0 saturated carbocycles. The molecule has 4 nitrogen and oxygen atoms in total. The molecule has 2 heterocycles. The van der Waals surface area contributed by atoms with Crippen LogP contribution in [0.3, 0.4) is 0 Å². The molecule has 2 N–H and O–H groups in total. The van der Waals surface area contributed by atoms with Gasteiger partial charge in [0.15, 0.2) is 0 Å². The molecule has 0 radical (unpaired) electrons. The van der Waals surface area contributed by atoms with Crippen LogP contribution in [0.1, 0.15) is 24.8 Å². The fourth-order valence-electron chi connectivity index (χ4n) is 3.23. The summed E-state index contributed by atoms with van der Waals surface area (Å²) in [6, 6.07) is 8.65. The van der Waals surface area contributed by atoms with Gasteiger partial charge in [-0.2, -0.15) is 11.8 Å². The average molecular weight is 334 g/mol. The number of hydrogen-bond acceptors (Lipinski definition) is 4. The Balaban J connectivity index is 1.42. The average Bonchev–Trinajstić information content (AvgIpc) is 3.08. The summed E-state index contributed by atoms with van der Waals surface area (Å²) in [5.74, 6) is 2.29. The normalized spacial score (nSPS) is 22.2. The highest BCUT2D eigenvalue weighted by Crippen LogP contribution is 2.14. The van der Waals surface area contributed by atoms with Crippen LogP contribution >= 0.6 is 11.8 Å². The zero-order chi connectivity index (χ0) is 15.9. The minimum atomic E-state index is 0.106. The number of anilines is 1. The SMILES string of the molecule is O=C(CC1CSCCN1)Nc1ccc(CCN2CCCC2)cc1. The lowest BCUT2D eigenvalue weighted by atomic mass is 10.1. The lowest BCUT2D eigenvalue weighted by Crippen LogP contribution is -2.39. The van der Waals surface area contributed by atoms with Gasteiger partial charge in [0.25, 0.3) is 0 Å². The van der Waals surface area contributed by atoms with Gasteiger partial charge in [-0.15, -0.1) is 0 Å². The standard InChI is InChI=1S/C18H27N3OS/c22-18(13-17-14-23-12-8-19-17)20-16-5-3-15(4-6-16)7-11-21-9-1-2-10-21/h3-6,17,19H,1-2,7-14H2,(H,20,22). The molecule has 23 heavy (non-hydrogen) atoms. The van der Waals surface area contributed by atoms with Gasteiger partial charge in [0.2, 0.25) is 5.91 Å². The number of benzene rings is 1. The summed E-state index contributed by atoms with van der Waals surface area (Å²) in [6.45, 7) is 4.66. The van der Waals surface area contributed by atoms with Gasteiger partial charge >= 0.3 is 0 Å². The van der Waals surface area contributed by atoms with Gasteiger partial charge < -0.3 is 15.5 Å². The van der Waals surface area contributed by atoms with E-state index in [1.54, 1.807) is 0 Å². The van der Waals surface area contributed by atoms with Crippen molar-refractivity contribution in [2.24, 2.45) is 0 Å². The summed E-state index contributed by atoms with van der Waals surface area (Å²) in [7, 11) is 0. The van der Waals surface area contributed by atoms with E-state index in [-0.39, 0.29) is 5.91 Å². The van der Waals surface area contributed by atoms with E-state index in [0.29, 0.717) is 12.5 Å². The van der Waals surface area contributed by atoms with Crippen LogP contribution in [0.4, 0.5) is 5.69 Å². The van der Waals surface area contributed by atoms with Crippen molar-refractivity contribution in [1.82, 2.24) is 10.2 Å². The van der Waals surface area contributed by atoms with E-state index in [0.717, 1.165) is 36.7 Å². The maximum Gasteiger partial charge on any atom is 0.225 e. The predicted molar refractivity (Wildman–Crippen MR) is 98.2 cm³/mol. The molecule has 2 fully saturated rings. The van der Waals surface area contributed by atoms with E-state index in [1.807, 2.05) is 23.9 Å². The summed E-state index contributed by atoms with van der Waals surface area (Å²) in [5.41, 5.74) is 2.25. The van der Waals surface area contributed by atoms with Crippen molar-refractivity contribution in [2.45, 2.75) is 31.7 Å². The van der Waals surface area contributed by atoms with Crippen LogP contribution in [0.2, 0.25) is 0 Å². The molecular formula is C18H27N3OS. The van der Waals surface area contributed by atoms with Gasteiger partial charge in [-0.3, -0.25) is 4.79 Å². The second-order valence-electron chi connectivity index (χ2n) is 6.47. The van der Waals surface area contributed by atoms with Gasteiger partial charge in [-0.05, 0) is 50.0 Å². The molecule has 1 aromatic carbocycles. The molecular weight excluding hydrogens is 306 g/mol. The maximum atomic E-state index is 12.1. The van der Waals surface area contributed by atoms with E-state index < -0.39 is 0 Å². The Morgan fingerprint density at radius 1 is 1.26 bits per heavy atom. The Morgan fingerprint density at radius 3 is 2.74 bits per heavy atom. The highest BCUT2D eigenvalue weighted by atomic mass is 32.2. The molecule has 3 rings (SSSR count). The predicted octanol–water partition coefficient (Wildman–Crippen LogP) is 2.36. The first kappa shape index (κ1) is 16.8. The number of nitrogens with zero attached hydrogens (tertiary/aromatic N) is 1. The Labute approximate surface area is 143 Å². The molecule has 1 amide bonds. The van der Waals surface area contributed by atoms with Crippen molar-refractivity contribution in [1.29, 1.82) is 0 Å². The van der Waals surface area contributed by atoms with E-state index >= 15 is 0 Å². The van der Waals surface area contributed by atoms with Gasteiger partial charge in [0.1, 0.15) is 0 Å². The van der Waals surface area contributed by atoms with Crippen molar-refractivity contribution >= 4 is 23.4 Å². The minimum Gasteiger partial charge on any atom is -0.326 e. The van der Waals surface area contributed by atoms with Crippen LogP contribution in [0.25, 0.3) is 0 Å². The largest absolute Gasteiger partial charge is 0.326 e. The number of likely N-dealkylation sites (tertiary alicyclic amines) is 1. The molecule has 2 aliphatic rings.